The Morgan fingerprint density at radius 2 is 2.00 bits per heavy atom. The van der Waals surface area contributed by atoms with Gasteiger partial charge in [0.15, 0.2) is 0 Å². The van der Waals surface area contributed by atoms with E-state index in [2.05, 4.69) is 10.6 Å². The summed E-state index contributed by atoms with van der Waals surface area (Å²) in [5, 5.41) is 15.0. The number of hydrogen-bond donors (Lipinski definition) is 3. The maximum atomic E-state index is 11.9. The highest BCUT2D eigenvalue weighted by atomic mass is 16.3. The molecule has 1 rings (SSSR count). The molecule has 1 aromatic rings. The van der Waals surface area contributed by atoms with Gasteiger partial charge in [-0.05, 0) is 50.5 Å². The number of rotatable bonds is 5. The fourth-order valence-electron chi connectivity index (χ4n) is 1.99. The SMILES string of the molecule is CCCC(C)(CO)NC(=O)Nc1ccc(C)c(C)c1. The number of aliphatic hydroxyl groups excluding tert-OH is 1. The number of aliphatic hydroxyl groups is 1. The topological polar surface area (TPSA) is 61.4 Å². The molecule has 1 unspecified atom stereocenters. The molecule has 4 nitrogen and oxygen atoms in total. The van der Waals surface area contributed by atoms with Gasteiger partial charge in [-0.3, -0.25) is 0 Å². The lowest BCUT2D eigenvalue weighted by atomic mass is 9.98. The van der Waals surface area contributed by atoms with E-state index in [4.69, 9.17) is 0 Å². The molecule has 4 heteroatoms. The zero-order chi connectivity index (χ0) is 14.5. The van der Waals surface area contributed by atoms with Crippen molar-refractivity contribution in [3.05, 3.63) is 29.3 Å². The Balaban J connectivity index is 2.66. The second kappa shape index (κ2) is 6.57. The fraction of sp³-hybridized carbons (Fsp3) is 0.533. The summed E-state index contributed by atoms with van der Waals surface area (Å²) in [6.45, 7) is 7.84. The first-order valence-electron chi connectivity index (χ1n) is 6.67. The third-order valence-electron chi connectivity index (χ3n) is 3.33. The molecule has 0 fully saturated rings. The van der Waals surface area contributed by atoms with E-state index >= 15 is 0 Å². The second-order valence-electron chi connectivity index (χ2n) is 5.35. The number of nitrogens with one attached hydrogen (secondary N) is 2. The first-order valence-corrected chi connectivity index (χ1v) is 6.67. The van der Waals surface area contributed by atoms with Gasteiger partial charge in [-0.25, -0.2) is 4.79 Å². The van der Waals surface area contributed by atoms with E-state index in [-0.39, 0.29) is 12.6 Å². The largest absolute Gasteiger partial charge is 0.394 e. The fourth-order valence-corrected chi connectivity index (χ4v) is 1.99. The molecule has 2 amide bonds. The minimum atomic E-state index is -0.571. The van der Waals surface area contributed by atoms with Gasteiger partial charge in [-0.1, -0.05) is 19.4 Å². The van der Waals surface area contributed by atoms with Crippen molar-refractivity contribution in [1.29, 1.82) is 0 Å². The van der Waals surface area contributed by atoms with Crippen molar-refractivity contribution in [2.75, 3.05) is 11.9 Å². The van der Waals surface area contributed by atoms with Crippen LogP contribution in [-0.2, 0) is 0 Å². The standard InChI is InChI=1S/C15H24N2O2/c1-5-8-15(4,10-18)17-14(19)16-13-7-6-11(2)12(3)9-13/h6-7,9,18H,5,8,10H2,1-4H3,(H2,16,17,19). The number of amides is 2. The quantitative estimate of drug-likeness (QED) is 0.765. The zero-order valence-electron chi connectivity index (χ0n) is 12.2. The van der Waals surface area contributed by atoms with Crippen LogP contribution < -0.4 is 10.6 Å². The summed E-state index contributed by atoms with van der Waals surface area (Å²) in [5.74, 6) is 0. The lowest BCUT2D eigenvalue weighted by Gasteiger charge is -2.28. The molecule has 0 spiro atoms. The van der Waals surface area contributed by atoms with Crippen LogP contribution in [-0.4, -0.2) is 23.3 Å². The van der Waals surface area contributed by atoms with Gasteiger partial charge in [0.05, 0.1) is 12.1 Å². The third-order valence-corrected chi connectivity index (χ3v) is 3.33. The predicted molar refractivity (Wildman–Crippen MR) is 78.5 cm³/mol. The first kappa shape index (κ1) is 15.5. The number of carbonyl (C=O) groups is 1. The van der Waals surface area contributed by atoms with Gasteiger partial charge < -0.3 is 15.7 Å². The third kappa shape index (κ3) is 4.56. The van der Waals surface area contributed by atoms with Crippen molar-refractivity contribution in [3.8, 4) is 0 Å². The number of hydrogen-bond acceptors (Lipinski definition) is 2. The molecule has 0 aromatic heterocycles. The van der Waals surface area contributed by atoms with Crippen LogP contribution in [0.15, 0.2) is 18.2 Å². The van der Waals surface area contributed by atoms with Crippen LogP contribution in [0.1, 0.15) is 37.8 Å². The lowest BCUT2D eigenvalue weighted by molar-refractivity contribution is 0.167. The molecule has 0 saturated carbocycles. The van der Waals surface area contributed by atoms with Crippen LogP contribution in [0.5, 0.6) is 0 Å². The summed E-state index contributed by atoms with van der Waals surface area (Å²) in [7, 11) is 0. The van der Waals surface area contributed by atoms with Crippen molar-refractivity contribution in [3.63, 3.8) is 0 Å². The molecule has 106 valence electrons. The van der Waals surface area contributed by atoms with Crippen LogP contribution in [0, 0.1) is 13.8 Å². The van der Waals surface area contributed by atoms with Crippen molar-refractivity contribution in [2.45, 2.75) is 46.1 Å². The van der Waals surface area contributed by atoms with Gasteiger partial charge in [-0.15, -0.1) is 0 Å². The van der Waals surface area contributed by atoms with Crippen LogP contribution in [0.25, 0.3) is 0 Å². The first-order chi connectivity index (χ1) is 8.90. The zero-order valence-corrected chi connectivity index (χ0v) is 12.2. The molecule has 0 radical (unpaired) electrons. The Kier molecular flexibility index (Phi) is 5.36. The van der Waals surface area contributed by atoms with E-state index in [0.717, 1.165) is 24.1 Å². The highest BCUT2D eigenvalue weighted by Gasteiger charge is 2.24. The van der Waals surface area contributed by atoms with Crippen LogP contribution in [0.3, 0.4) is 0 Å². The molecule has 3 N–H and O–H groups in total. The summed E-state index contributed by atoms with van der Waals surface area (Å²) in [6, 6.07) is 5.50. The molecule has 0 heterocycles. The molecule has 19 heavy (non-hydrogen) atoms. The lowest BCUT2D eigenvalue weighted by Crippen LogP contribution is -2.50. The summed E-state index contributed by atoms with van der Waals surface area (Å²) in [6.07, 6.45) is 1.64. The van der Waals surface area contributed by atoms with Crippen molar-refractivity contribution in [1.82, 2.24) is 5.32 Å². The number of urea groups is 1. The van der Waals surface area contributed by atoms with Crippen molar-refractivity contribution >= 4 is 11.7 Å². The number of anilines is 1. The molecule has 0 aliphatic rings. The Morgan fingerprint density at radius 1 is 1.32 bits per heavy atom. The smallest absolute Gasteiger partial charge is 0.319 e. The van der Waals surface area contributed by atoms with E-state index in [1.165, 1.54) is 5.56 Å². The highest BCUT2D eigenvalue weighted by Crippen LogP contribution is 2.15. The van der Waals surface area contributed by atoms with E-state index in [9.17, 15) is 9.90 Å². The Labute approximate surface area is 115 Å². The van der Waals surface area contributed by atoms with E-state index in [1.807, 2.05) is 45.9 Å². The number of carbonyl (C=O) groups excluding carboxylic acids is 1. The van der Waals surface area contributed by atoms with Crippen molar-refractivity contribution in [2.24, 2.45) is 0 Å². The average Bonchev–Trinajstić information content (AvgIpc) is 2.34. The minimum Gasteiger partial charge on any atom is -0.394 e. The maximum Gasteiger partial charge on any atom is 0.319 e. The molecule has 1 aromatic carbocycles. The van der Waals surface area contributed by atoms with Gasteiger partial charge in [0, 0.05) is 5.69 Å². The Morgan fingerprint density at radius 3 is 2.53 bits per heavy atom. The van der Waals surface area contributed by atoms with Gasteiger partial charge in [0.2, 0.25) is 0 Å². The predicted octanol–water partition coefficient (Wildman–Crippen LogP) is 2.98. The van der Waals surface area contributed by atoms with Crippen LogP contribution >= 0.6 is 0 Å². The summed E-state index contributed by atoms with van der Waals surface area (Å²) < 4.78 is 0. The molecule has 0 bridgehead atoms. The summed E-state index contributed by atoms with van der Waals surface area (Å²) >= 11 is 0. The normalized spacial score (nSPS) is 13.7. The molecule has 0 saturated heterocycles. The highest BCUT2D eigenvalue weighted by molar-refractivity contribution is 5.89. The minimum absolute atomic E-state index is 0.0683. The Hall–Kier alpha value is -1.55. The molecular weight excluding hydrogens is 240 g/mol. The van der Waals surface area contributed by atoms with Gasteiger partial charge >= 0.3 is 6.03 Å². The summed E-state index contributed by atoms with van der Waals surface area (Å²) in [5.41, 5.74) is 2.52. The molecule has 0 aliphatic heterocycles. The van der Waals surface area contributed by atoms with E-state index in [1.54, 1.807) is 0 Å². The van der Waals surface area contributed by atoms with E-state index < -0.39 is 5.54 Å². The van der Waals surface area contributed by atoms with Crippen LogP contribution in [0.4, 0.5) is 10.5 Å². The van der Waals surface area contributed by atoms with Gasteiger partial charge in [-0.2, -0.15) is 0 Å². The monoisotopic (exact) mass is 264 g/mol. The Bertz CT molecular complexity index is 446. The van der Waals surface area contributed by atoms with E-state index in [0.29, 0.717) is 0 Å². The summed E-state index contributed by atoms with van der Waals surface area (Å²) in [4.78, 5) is 11.9. The molecule has 1 atom stereocenters. The van der Waals surface area contributed by atoms with Gasteiger partial charge in [0.25, 0.3) is 0 Å². The number of benzene rings is 1. The number of aryl methyl sites for hydroxylation is 2. The van der Waals surface area contributed by atoms with Crippen LogP contribution in [0.2, 0.25) is 0 Å². The maximum absolute atomic E-state index is 11.9. The molecular formula is C15H24N2O2. The molecule has 0 aliphatic carbocycles. The second-order valence-corrected chi connectivity index (χ2v) is 5.35. The van der Waals surface area contributed by atoms with Gasteiger partial charge in [0.1, 0.15) is 0 Å². The van der Waals surface area contributed by atoms with Crippen molar-refractivity contribution < 1.29 is 9.90 Å². The average molecular weight is 264 g/mol.